The van der Waals surface area contributed by atoms with Crippen LogP contribution < -0.4 is 10.1 Å². The highest BCUT2D eigenvalue weighted by atomic mass is 16.5. The molecule has 1 heterocycles. The molecule has 0 amide bonds. The van der Waals surface area contributed by atoms with Crippen molar-refractivity contribution in [1.29, 1.82) is 0 Å². The van der Waals surface area contributed by atoms with Gasteiger partial charge in [0.1, 0.15) is 18.1 Å². The normalized spacial score (nSPS) is 20.2. The Kier molecular flexibility index (Phi) is 3.31. The molecule has 1 aliphatic rings. The molecule has 2 rings (SSSR count). The summed E-state index contributed by atoms with van der Waals surface area (Å²) in [5.41, 5.74) is 1.04. The summed E-state index contributed by atoms with van der Waals surface area (Å²) in [6, 6.07) is 5.23. The van der Waals surface area contributed by atoms with Crippen LogP contribution in [0.15, 0.2) is 18.2 Å². The number of ether oxygens (including phenoxy) is 1. The number of phenolic OH excluding ortho intramolecular Hbond substituents is 1. The Morgan fingerprint density at radius 3 is 3.12 bits per heavy atom. The van der Waals surface area contributed by atoms with Gasteiger partial charge in [-0.15, -0.1) is 0 Å². The van der Waals surface area contributed by atoms with Crippen LogP contribution in [0.2, 0.25) is 0 Å². The summed E-state index contributed by atoms with van der Waals surface area (Å²) in [7, 11) is 0. The molecule has 4 heteroatoms. The maximum atomic E-state index is 9.47. The summed E-state index contributed by atoms with van der Waals surface area (Å²) in [5, 5.41) is 22.0. The third-order valence-electron chi connectivity index (χ3n) is 2.85. The number of benzene rings is 1. The first-order chi connectivity index (χ1) is 7.70. The molecule has 0 saturated carbocycles. The fourth-order valence-corrected chi connectivity index (χ4v) is 1.79. The van der Waals surface area contributed by atoms with E-state index in [4.69, 9.17) is 4.74 Å². The summed E-state index contributed by atoms with van der Waals surface area (Å²) in [4.78, 5) is 0. The van der Waals surface area contributed by atoms with Crippen LogP contribution in [0, 0.1) is 0 Å². The van der Waals surface area contributed by atoms with Gasteiger partial charge in [0.25, 0.3) is 0 Å². The molecule has 0 saturated heterocycles. The van der Waals surface area contributed by atoms with Gasteiger partial charge < -0.3 is 20.3 Å². The SMILES string of the molecule is CCC(O)CNC1COc2cc(O)ccc21. The van der Waals surface area contributed by atoms with E-state index >= 15 is 0 Å². The summed E-state index contributed by atoms with van der Waals surface area (Å²) in [6.07, 6.45) is 0.421. The monoisotopic (exact) mass is 223 g/mol. The Morgan fingerprint density at radius 2 is 2.38 bits per heavy atom. The standard InChI is InChI=1S/C12H17NO3/c1-2-8(14)6-13-11-7-16-12-5-9(15)3-4-10(11)12/h3-5,8,11,13-15H,2,6-7H2,1H3. The number of phenols is 1. The van der Waals surface area contributed by atoms with Gasteiger partial charge in [-0.2, -0.15) is 0 Å². The molecule has 4 nitrogen and oxygen atoms in total. The third-order valence-corrected chi connectivity index (χ3v) is 2.85. The predicted octanol–water partition coefficient (Wildman–Crippen LogP) is 1.19. The van der Waals surface area contributed by atoms with E-state index in [2.05, 4.69) is 5.32 Å². The van der Waals surface area contributed by atoms with Crippen LogP contribution in [0.1, 0.15) is 24.9 Å². The molecule has 0 aromatic heterocycles. The van der Waals surface area contributed by atoms with Crippen molar-refractivity contribution in [1.82, 2.24) is 5.32 Å². The van der Waals surface area contributed by atoms with Gasteiger partial charge in [0, 0.05) is 18.2 Å². The number of fused-ring (bicyclic) bond motifs is 1. The molecule has 88 valence electrons. The molecule has 3 N–H and O–H groups in total. The molecule has 16 heavy (non-hydrogen) atoms. The zero-order valence-corrected chi connectivity index (χ0v) is 9.31. The summed E-state index contributed by atoms with van der Waals surface area (Å²) < 4.78 is 5.45. The lowest BCUT2D eigenvalue weighted by Crippen LogP contribution is -2.30. The van der Waals surface area contributed by atoms with Crippen LogP contribution >= 0.6 is 0 Å². The molecule has 1 aromatic carbocycles. The second-order valence-electron chi connectivity index (χ2n) is 4.06. The summed E-state index contributed by atoms with van der Waals surface area (Å²) in [5.74, 6) is 0.941. The minimum atomic E-state index is -0.318. The summed E-state index contributed by atoms with van der Waals surface area (Å²) >= 11 is 0. The lowest BCUT2D eigenvalue weighted by molar-refractivity contribution is 0.160. The molecular formula is C12H17NO3. The fraction of sp³-hybridized carbons (Fsp3) is 0.500. The Morgan fingerprint density at radius 1 is 1.56 bits per heavy atom. The zero-order valence-electron chi connectivity index (χ0n) is 9.31. The van der Waals surface area contributed by atoms with E-state index in [1.807, 2.05) is 13.0 Å². The minimum Gasteiger partial charge on any atom is -0.508 e. The molecule has 2 atom stereocenters. The van der Waals surface area contributed by atoms with Crippen molar-refractivity contribution in [2.45, 2.75) is 25.5 Å². The largest absolute Gasteiger partial charge is 0.508 e. The van der Waals surface area contributed by atoms with Crippen LogP contribution in [0.3, 0.4) is 0 Å². The van der Waals surface area contributed by atoms with E-state index in [-0.39, 0.29) is 17.9 Å². The smallest absolute Gasteiger partial charge is 0.127 e. The van der Waals surface area contributed by atoms with Crippen molar-refractivity contribution in [2.75, 3.05) is 13.2 Å². The van der Waals surface area contributed by atoms with Crippen molar-refractivity contribution < 1.29 is 14.9 Å². The Labute approximate surface area is 94.9 Å². The number of aliphatic hydroxyl groups is 1. The van der Waals surface area contributed by atoms with Crippen LogP contribution in [-0.2, 0) is 0 Å². The average molecular weight is 223 g/mol. The van der Waals surface area contributed by atoms with Crippen molar-refractivity contribution in [3.8, 4) is 11.5 Å². The predicted molar refractivity (Wildman–Crippen MR) is 60.6 cm³/mol. The van der Waals surface area contributed by atoms with Crippen LogP contribution in [0.25, 0.3) is 0 Å². The number of hydrogen-bond donors (Lipinski definition) is 3. The maximum Gasteiger partial charge on any atom is 0.127 e. The first-order valence-corrected chi connectivity index (χ1v) is 5.58. The highest BCUT2D eigenvalue weighted by molar-refractivity contribution is 5.44. The van der Waals surface area contributed by atoms with Gasteiger partial charge in [0.2, 0.25) is 0 Å². The number of nitrogens with one attached hydrogen (secondary N) is 1. The third kappa shape index (κ3) is 2.28. The van der Waals surface area contributed by atoms with E-state index in [1.165, 1.54) is 0 Å². The van der Waals surface area contributed by atoms with E-state index in [0.29, 0.717) is 13.2 Å². The quantitative estimate of drug-likeness (QED) is 0.717. The van der Waals surface area contributed by atoms with Gasteiger partial charge in [0.15, 0.2) is 0 Å². The van der Waals surface area contributed by atoms with Crippen molar-refractivity contribution in [3.63, 3.8) is 0 Å². The van der Waals surface area contributed by atoms with Crippen molar-refractivity contribution in [2.24, 2.45) is 0 Å². The van der Waals surface area contributed by atoms with Gasteiger partial charge in [-0.05, 0) is 18.6 Å². The number of rotatable bonds is 4. The molecule has 0 spiro atoms. The van der Waals surface area contributed by atoms with E-state index < -0.39 is 0 Å². The van der Waals surface area contributed by atoms with Crippen LogP contribution in [-0.4, -0.2) is 29.5 Å². The minimum absolute atomic E-state index is 0.108. The average Bonchev–Trinajstić information content (AvgIpc) is 2.68. The highest BCUT2D eigenvalue weighted by Gasteiger charge is 2.24. The molecule has 0 bridgehead atoms. The first kappa shape index (κ1) is 11.2. The molecule has 0 aliphatic carbocycles. The first-order valence-electron chi connectivity index (χ1n) is 5.58. The topological polar surface area (TPSA) is 61.7 Å². The van der Waals surface area contributed by atoms with Gasteiger partial charge in [-0.25, -0.2) is 0 Å². The Bertz CT molecular complexity index is 367. The zero-order chi connectivity index (χ0) is 11.5. The van der Waals surface area contributed by atoms with Crippen LogP contribution in [0.5, 0.6) is 11.5 Å². The number of aliphatic hydroxyl groups excluding tert-OH is 1. The van der Waals surface area contributed by atoms with Gasteiger partial charge in [0.05, 0.1) is 12.1 Å². The number of aromatic hydroxyl groups is 1. The van der Waals surface area contributed by atoms with E-state index in [0.717, 1.165) is 17.7 Å². The van der Waals surface area contributed by atoms with Gasteiger partial charge in [-0.1, -0.05) is 6.92 Å². The molecule has 0 fully saturated rings. The maximum absolute atomic E-state index is 9.47. The Hall–Kier alpha value is -1.26. The summed E-state index contributed by atoms with van der Waals surface area (Å²) in [6.45, 7) is 3.06. The lowest BCUT2D eigenvalue weighted by atomic mass is 10.1. The van der Waals surface area contributed by atoms with Crippen molar-refractivity contribution in [3.05, 3.63) is 23.8 Å². The van der Waals surface area contributed by atoms with Gasteiger partial charge >= 0.3 is 0 Å². The van der Waals surface area contributed by atoms with E-state index in [1.54, 1.807) is 12.1 Å². The molecular weight excluding hydrogens is 206 g/mol. The van der Waals surface area contributed by atoms with E-state index in [9.17, 15) is 10.2 Å². The fourth-order valence-electron chi connectivity index (χ4n) is 1.79. The second-order valence-corrected chi connectivity index (χ2v) is 4.06. The Balaban J connectivity index is 2.01. The van der Waals surface area contributed by atoms with Crippen molar-refractivity contribution >= 4 is 0 Å². The van der Waals surface area contributed by atoms with Crippen LogP contribution in [0.4, 0.5) is 0 Å². The number of hydrogen-bond acceptors (Lipinski definition) is 4. The molecule has 0 radical (unpaired) electrons. The second kappa shape index (κ2) is 4.72. The highest BCUT2D eigenvalue weighted by Crippen LogP contribution is 2.34. The lowest BCUT2D eigenvalue weighted by Gasteiger charge is -2.14. The molecule has 1 aliphatic heterocycles. The molecule has 2 unspecified atom stereocenters. The molecule has 1 aromatic rings. The van der Waals surface area contributed by atoms with Gasteiger partial charge in [-0.3, -0.25) is 0 Å².